The zero-order valence-corrected chi connectivity index (χ0v) is 20.5. The molecule has 34 heavy (non-hydrogen) atoms. The molecule has 0 unspecified atom stereocenters. The Bertz CT molecular complexity index is 1150. The van der Waals surface area contributed by atoms with E-state index in [-0.39, 0.29) is 18.1 Å². The molecule has 0 bridgehead atoms. The molecule has 1 aliphatic heterocycles. The Morgan fingerprint density at radius 3 is 2.82 bits per heavy atom. The number of aromatic nitrogens is 1. The van der Waals surface area contributed by atoms with Gasteiger partial charge in [0.15, 0.2) is 0 Å². The van der Waals surface area contributed by atoms with Gasteiger partial charge in [-0.2, -0.15) is 0 Å². The topological polar surface area (TPSA) is 63.7 Å². The summed E-state index contributed by atoms with van der Waals surface area (Å²) < 4.78 is 11.6. The number of rotatable bonds is 8. The molecule has 3 aromatic rings. The van der Waals surface area contributed by atoms with Crippen molar-refractivity contribution in [3.05, 3.63) is 82.5 Å². The number of ether oxygens (including phenoxy) is 2. The largest absolute Gasteiger partial charge is 0.459 e. The quantitative estimate of drug-likeness (QED) is 0.414. The van der Waals surface area contributed by atoms with E-state index >= 15 is 0 Å². The molecule has 0 aliphatic carbocycles. The summed E-state index contributed by atoms with van der Waals surface area (Å²) in [4.78, 5) is 19.4. The highest BCUT2D eigenvalue weighted by Crippen LogP contribution is 2.29. The lowest BCUT2D eigenvalue weighted by Gasteiger charge is -2.22. The summed E-state index contributed by atoms with van der Waals surface area (Å²) >= 11 is 6.10. The molecule has 0 saturated carbocycles. The SMILES string of the molecule is Cc1ccnc(N2CC[C@@H](NCc3ccccc3Oc3cccc(Cl)c3)C2)c1C(=O)OC(C)C. The van der Waals surface area contributed by atoms with Crippen LogP contribution in [0.25, 0.3) is 0 Å². The third-order valence-electron chi connectivity index (χ3n) is 5.75. The van der Waals surface area contributed by atoms with Crippen molar-refractivity contribution < 1.29 is 14.3 Å². The number of pyridine rings is 1. The summed E-state index contributed by atoms with van der Waals surface area (Å²) in [6, 6.07) is 17.5. The standard InChI is InChI=1S/C27H30ClN3O3/c1-18(2)33-27(32)25-19(3)11-13-29-26(25)31-14-12-22(17-31)30-16-20-7-4-5-10-24(20)34-23-9-6-8-21(28)15-23/h4-11,13,15,18,22,30H,12,14,16-17H2,1-3H3/t22-/m1/s1. The number of hydrogen-bond donors (Lipinski definition) is 1. The number of para-hydroxylation sites is 1. The number of carbonyl (C=O) groups is 1. The normalized spacial score (nSPS) is 15.6. The van der Waals surface area contributed by atoms with Gasteiger partial charge in [0.1, 0.15) is 22.9 Å². The van der Waals surface area contributed by atoms with E-state index in [1.54, 1.807) is 12.3 Å². The Morgan fingerprint density at radius 2 is 2.03 bits per heavy atom. The molecule has 2 aromatic carbocycles. The lowest BCUT2D eigenvalue weighted by molar-refractivity contribution is 0.0377. The van der Waals surface area contributed by atoms with Crippen molar-refractivity contribution in [2.75, 3.05) is 18.0 Å². The molecule has 1 aromatic heterocycles. The van der Waals surface area contributed by atoms with Crippen LogP contribution in [0, 0.1) is 6.92 Å². The molecule has 1 fully saturated rings. The number of benzene rings is 2. The zero-order chi connectivity index (χ0) is 24.1. The van der Waals surface area contributed by atoms with Gasteiger partial charge in [-0.3, -0.25) is 0 Å². The first kappa shape index (κ1) is 24.0. The van der Waals surface area contributed by atoms with Gasteiger partial charge in [0.2, 0.25) is 0 Å². The maximum atomic E-state index is 12.7. The Morgan fingerprint density at radius 1 is 1.21 bits per heavy atom. The van der Waals surface area contributed by atoms with Crippen LogP contribution in [0.1, 0.15) is 41.8 Å². The van der Waals surface area contributed by atoms with Gasteiger partial charge in [0.05, 0.1) is 6.10 Å². The van der Waals surface area contributed by atoms with Crippen molar-refractivity contribution in [3.8, 4) is 11.5 Å². The van der Waals surface area contributed by atoms with E-state index < -0.39 is 0 Å². The Hall–Kier alpha value is -3.09. The Balaban J connectivity index is 1.42. The van der Waals surface area contributed by atoms with Crippen molar-refractivity contribution in [1.82, 2.24) is 10.3 Å². The number of carbonyl (C=O) groups excluding carboxylic acids is 1. The van der Waals surface area contributed by atoms with Crippen LogP contribution in [0.3, 0.4) is 0 Å². The molecule has 1 N–H and O–H groups in total. The fourth-order valence-corrected chi connectivity index (χ4v) is 4.27. The zero-order valence-electron chi connectivity index (χ0n) is 19.8. The highest BCUT2D eigenvalue weighted by molar-refractivity contribution is 6.30. The monoisotopic (exact) mass is 479 g/mol. The van der Waals surface area contributed by atoms with E-state index in [2.05, 4.69) is 21.3 Å². The number of nitrogens with one attached hydrogen (secondary N) is 1. The van der Waals surface area contributed by atoms with Gasteiger partial charge in [0.25, 0.3) is 0 Å². The molecule has 0 radical (unpaired) electrons. The van der Waals surface area contributed by atoms with E-state index in [9.17, 15) is 4.79 Å². The van der Waals surface area contributed by atoms with E-state index in [4.69, 9.17) is 21.1 Å². The fraction of sp³-hybridized carbons (Fsp3) is 0.333. The molecular formula is C27H30ClN3O3. The summed E-state index contributed by atoms with van der Waals surface area (Å²) in [5.41, 5.74) is 2.49. The summed E-state index contributed by atoms with van der Waals surface area (Å²) in [5, 5.41) is 4.28. The number of aryl methyl sites for hydroxylation is 1. The van der Waals surface area contributed by atoms with Crippen LogP contribution in [-0.4, -0.2) is 36.2 Å². The minimum absolute atomic E-state index is 0.179. The first-order valence-electron chi connectivity index (χ1n) is 11.6. The average molecular weight is 480 g/mol. The lowest BCUT2D eigenvalue weighted by Crippen LogP contribution is -2.33. The second-order valence-corrected chi connectivity index (χ2v) is 9.20. The lowest BCUT2D eigenvalue weighted by atomic mass is 10.1. The molecule has 1 saturated heterocycles. The van der Waals surface area contributed by atoms with E-state index in [0.29, 0.717) is 28.7 Å². The minimum atomic E-state index is -0.320. The number of hydrogen-bond acceptors (Lipinski definition) is 6. The first-order valence-corrected chi connectivity index (χ1v) is 11.9. The van der Waals surface area contributed by atoms with E-state index in [1.165, 1.54) is 0 Å². The maximum absolute atomic E-state index is 12.7. The Kier molecular flexibility index (Phi) is 7.70. The molecule has 0 amide bonds. The van der Waals surface area contributed by atoms with Crippen LogP contribution >= 0.6 is 11.6 Å². The molecule has 1 atom stereocenters. The maximum Gasteiger partial charge on any atom is 0.342 e. The van der Waals surface area contributed by atoms with Gasteiger partial charge < -0.3 is 19.7 Å². The van der Waals surface area contributed by atoms with Crippen LogP contribution in [0.5, 0.6) is 11.5 Å². The van der Waals surface area contributed by atoms with Crippen molar-refractivity contribution in [1.29, 1.82) is 0 Å². The van der Waals surface area contributed by atoms with Gasteiger partial charge in [-0.1, -0.05) is 35.9 Å². The van der Waals surface area contributed by atoms with Crippen molar-refractivity contribution in [2.45, 2.75) is 45.9 Å². The van der Waals surface area contributed by atoms with Crippen molar-refractivity contribution in [2.24, 2.45) is 0 Å². The van der Waals surface area contributed by atoms with Crippen LogP contribution in [0.2, 0.25) is 5.02 Å². The van der Waals surface area contributed by atoms with Gasteiger partial charge >= 0.3 is 5.97 Å². The summed E-state index contributed by atoms with van der Waals surface area (Å²) in [5.74, 6) is 1.88. The van der Waals surface area contributed by atoms with Crippen LogP contribution in [-0.2, 0) is 11.3 Å². The van der Waals surface area contributed by atoms with Crippen molar-refractivity contribution in [3.63, 3.8) is 0 Å². The first-order chi connectivity index (χ1) is 16.4. The highest BCUT2D eigenvalue weighted by atomic mass is 35.5. The van der Waals surface area contributed by atoms with Gasteiger partial charge in [-0.25, -0.2) is 9.78 Å². The average Bonchev–Trinajstić information content (AvgIpc) is 3.27. The van der Waals surface area contributed by atoms with Crippen LogP contribution in [0.15, 0.2) is 60.8 Å². The smallest absolute Gasteiger partial charge is 0.342 e. The molecular weight excluding hydrogens is 450 g/mol. The van der Waals surface area contributed by atoms with Crippen LogP contribution < -0.4 is 15.0 Å². The third kappa shape index (κ3) is 5.88. The summed E-state index contributed by atoms with van der Waals surface area (Å²) in [7, 11) is 0. The van der Waals surface area contributed by atoms with Gasteiger partial charge in [-0.05, 0) is 63.1 Å². The number of halogens is 1. The number of esters is 1. The summed E-state index contributed by atoms with van der Waals surface area (Å²) in [6.45, 7) is 7.87. The molecule has 0 spiro atoms. The molecule has 4 rings (SSSR count). The van der Waals surface area contributed by atoms with Gasteiger partial charge in [-0.15, -0.1) is 0 Å². The second kappa shape index (κ2) is 10.9. The van der Waals surface area contributed by atoms with Gasteiger partial charge in [0, 0.05) is 42.5 Å². The highest BCUT2D eigenvalue weighted by Gasteiger charge is 2.28. The minimum Gasteiger partial charge on any atom is -0.459 e. The molecule has 7 heteroatoms. The molecule has 178 valence electrons. The fourth-order valence-electron chi connectivity index (χ4n) is 4.09. The Labute approximate surface area is 205 Å². The molecule has 6 nitrogen and oxygen atoms in total. The predicted molar refractivity (Wildman–Crippen MR) is 135 cm³/mol. The number of nitrogens with zero attached hydrogens (tertiary/aromatic N) is 2. The predicted octanol–water partition coefficient (Wildman–Crippen LogP) is 5.77. The third-order valence-corrected chi connectivity index (χ3v) is 5.99. The summed E-state index contributed by atoms with van der Waals surface area (Å²) in [6.07, 6.45) is 2.52. The second-order valence-electron chi connectivity index (χ2n) is 8.76. The van der Waals surface area contributed by atoms with Crippen molar-refractivity contribution >= 4 is 23.4 Å². The molecule has 1 aliphatic rings. The molecule has 2 heterocycles. The van der Waals surface area contributed by atoms with E-state index in [1.807, 2.05) is 63.2 Å². The van der Waals surface area contributed by atoms with Crippen LogP contribution in [0.4, 0.5) is 5.82 Å². The van der Waals surface area contributed by atoms with E-state index in [0.717, 1.165) is 36.4 Å². The number of anilines is 1.